The molecule has 0 saturated carbocycles. The van der Waals surface area contributed by atoms with E-state index >= 15 is 0 Å². The van der Waals surface area contributed by atoms with Crippen molar-refractivity contribution in [3.63, 3.8) is 0 Å². The lowest BCUT2D eigenvalue weighted by Crippen LogP contribution is -2.23. The molecule has 0 aromatic heterocycles. The summed E-state index contributed by atoms with van der Waals surface area (Å²) in [6, 6.07) is 9.66. The molecule has 2 rings (SSSR count). The molecule has 0 spiro atoms. The van der Waals surface area contributed by atoms with Crippen molar-refractivity contribution in [2.45, 2.75) is 6.54 Å². The fourth-order valence-electron chi connectivity index (χ4n) is 1.69. The minimum atomic E-state index is -0.488. The fourth-order valence-corrected chi connectivity index (χ4v) is 2.22. The number of non-ortho nitro benzene ring substituents is 1. The number of hydrogen-bond donors (Lipinski definition) is 1. The molecule has 0 bridgehead atoms. The lowest BCUT2D eigenvalue weighted by Gasteiger charge is -2.07. The molecule has 0 aliphatic heterocycles. The van der Waals surface area contributed by atoms with Crippen LogP contribution in [-0.2, 0) is 6.54 Å². The highest BCUT2D eigenvalue weighted by Crippen LogP contribution is 2.18. The Morgan fingerprint density at radius 1 is 1.24 bits per heavy atom. The predicted molar refractivity (Wildman–Crippen MR) is 78.4 cm³/mol. The average Bonchev–Trinajstić information content (AvgIpc) is 2.45. The van der Waals surface area contributed by atoms with Gasteiger partial charge in [0.2, 0.25) is 0 Å². The number of carbonyl (C=O) groups is 1. The van der Waals surface area contributed by atoms with Crippen molar-refractivity contribution in [2.75, 3.05) is 0 Å². The number of benzene rings is 2. The molecule has 0 heterocycles. The van der Waals surface area contributed by atoms with Gasteiger partial charge in [-0.15, -0.1) is 0 Å². The van der Waals surface area contributed by atoms with Crippen LogP contribution >= 0.6 is 15.9 Å². The zero-order valence-corrected chi connectivity index (χ0v) is 12.3. The molecule has 0 aliphatic carbocycles. The van der Waals surface area contributed by atoms with Gasteiger partial charge in [-0.3, -0.25) is 14.9 Å². The SMILES string of the molecule is O=C(NCc1ccc([N+](=O)[O-])cc1)c1ccc(F)cc1Br. The summed E-state index contributed by atoms with van der Waals surface area (Å²) in [5, 5.41) is 13.2. The van der Waals surface area contributed by atoms with E-state index in [0.717, 1.165) is 5.56 Å². The van der Waals surface area contributed by atoms with E-state index in [1.54, 1.807) is 12.1 Å². The first-order valence-electron chi connectivity index (χ1n) is 5.94. The Hall–Kier alpha value is -2.28. The van der Waals surface area contributed by atoms with Crippen LogP contribution in [0.5, 0.6) is 0 Å². The molecule has 5 nitrogen and oxygen atoms in total. The van der Waals surface area contributed by atoms with E-state index < -0.39 is 10.7 Å². The standard InChI is InChI=1S/C14H10BrFN2O3/c15-13-7-10(16)3-6-12(13)14(19)17-8-9-1-4-11(5-2-9)18(20)21/h1-7H,8H2,(H,17,19). The summed E-state index contributed by atoms with van der Waals surface area (Å²) in [6.45, 7) is 0.223. The van der Waals surface area contributed by atoms with Gasteiger partial charge < -0.3 is 5.32 Å². The zero-order chi connectivity index (χ0) is 15.4. The average molecular weight is 353 g/mol. The van der Waals surface area contributed by atoms with Gasteiger partial charge in [-0.1, -0.05) is 12.1 Å². The maximum atomic E-state index is 12.9. The van der Waals surface area contributed by atoms with Crippen molar-refractivity contribution in [2.24, 2.45) is 0 Å². The number of nitrogens with zero attached hydrogens (tertiary/aromatic N) is 1. The topological polar surface area (TPSA) is 72.2 Å². The number of nitrogens with one attached hydrogen (secondary N) is 1. The number of hydrogen-bond acceptors (Lipinski definition) is 3. The van der Waals surface area contributed by atoms with Gasteiger partial charge in [0.1, 0.15) is 5.82 Å². The molecule has 0 aliphatic rings. The molecular formula is C14H10BrFN2O3. The zero-order valence-electron chi connectivity index (χ0n) is 10.7. The molecule has 1 N–H and O–H groups in total. The molecule has 0 atom stereocenters. The van der Waals surface area contributed by atoms with Crippen molar-refractivity contribution in [3.8, 4) is 0 Å². The fraction of sp³-hybridized carbons (Fsp3) is 0.0714. The summed E-state index contributed by atoms with van der Waals surface area (Å²) in [5.74, 6) is -0.797. The lowest BCUT2D eigenvalue weighted by molar-refractivity contribution is -0.384. The summed E-state index contributed by atoms with van der Waals surface area (Å²) in [5.41, 5.74) is 1.04. The van der Waals surface area contributed by atoms with Crippen molar-refractivity contribution >= 4 is 27.5 Å². The number of amides is 1. The minimum Gasteiger partial charge on any atom is -0.348 e. The first-order valence-corrected chi connectivity index (χ1v) is 6.73. The van der Waals surface area contributed by atoms with Crippen molar-refractivity contribution < 1.29 is 14.1 Å². The van der Waals surface area contributed by atoms with E-state index in [9.17, 15) is 19.3 Å². The van der Waals surface area contributed by atoms with Crippen LogP contribution in [0.4, 0.5) is 10.1 Å². The van der Waals surface area contributed by atoms with E-state index in [4.69, 9.17) is 0 Å². The van der Waals surface area contributed by atoms with E-state index in [1.807, 2.05) is 0 Å². The van der Waals surface area contributed by atoms with Crippen LogP contribution in [0.2, 0.25) is 0 Å². The van der Waals surface area contributed by atoms with Crippen molar-refractivity contribution in [1.82, 2.24) is 5.32 Å². The molecule has 108 valence electrons. The summed E-state index contributed by atoms with van der Waals surface area (Å²) in [7, 11) is 0. The Bertz CT molecular complexity index is 689. The first-order chi connectivity index (χ1) is 9.97. The van der Waals surface area contributed by atoms with Crippen LogP contribution in [0.1, 0.15) is 15.9 Å². The third-order valence-corrected chi connectivity index (χ3v) is 3.43. The second kappa shape index (κ2) is 6.45. The third-order valence-electron chi connectivity index (χ3n) is 2.78. The smallest absolute Gasteiger partial charge is 0.269 e. The third kappa shape index (κ3) is 3.85. The normalized spacial score (nSPS) is 10.2. The van der Waals surface area contributed by atoms with Gasteiger partial charge in [0.15, 0.2) is 0 Å². The van der Waals surface area contributed by atoms with Gasteiger partial charge in [0, 0.05) is 23.2 Å². The summed E-state index contributed by atoms with van der Waals surface area (Å²) in [6.07, 6.45) is 0. The summed E-state index contributed by atoms with van der Waals surface area (Å²) < 4.78 is 13.3. The number of halogens is 2. The molecule has 0 saturated heterocycles. The lowest BCUT2D eigenvalue weighted by atomic mass is 10.2. The molecule has 0 unspecified atom stereocenters. The van der Waals surface area contributed by atoms with Gasteiger partial charge in [0.25, 0.3) is 11.6 Å². The Morgan fingerprint density at radius 2 is 1.90 bits per heavy atom. The Labute approximate surface area is 128 Å². The predicted octanol–water partition coefficient (Wildman–Crippen LogP) is 3.43. The number of nitro groups is 1. The Kier molecular flexibility index (Phi) is 4.64. The van der Waals surface area contributed by atoms with Crippen LogP contribution in [-0.4, -0.2) is 10.8 Å². The monoisotopic (exact) mass is 352 g/mol. The van der Waals surface area contributed by atoms with Crippen LogP contribution in [0.3, 0.4) is 0 Å². The second-order valence-corrected chi connectivity index (χ2v) is 5.08. The van der Waals surface area contributed by atoms with Crippen LogP contribution in [0.25, 0.3) is 0 Å². The number of nitro benzene ring substituents is 1. The van der Waals surface area contributed by atoms with Crippen LogP contribution < -0.4 is 5.32 Å². The highest BCUT2D eigenvalue weighted by Gasteiger charge is 2.11. The van der Waals surface area contributed by atoms with Crippen molar-refractivity contribution in [1.29, 1.82) is 0 Å². The van der Waals surface area contributed by atoms with E-state index in [0.29, 0.717) is 10.0 Å². The quantitative estimate of drug-likeness (QED) is 0.676. The first kappa shape index (κ1) is 15.1. The second-order valence-electron chi connectivity index (χ2n) is 4.23. The molecule has 21 heavy (non-hydrogen) atoms. The summed E-state index contributed by atoms with van der Waals surface area (Å²) in [4.78, 5) is 22.0. The number of carbonyl (C=O) groups excluding carboxylic acids is 1. The highest BCUT2D eigenvalue weighted by atomic mass is 79.9. The molecule has 7 heteroatoms. The van der Waals surface area contributed by atoms with E-state index in [1.165, 1.54) is 30.3 Å². The van der Waals surface area contributed by atoms with Gasteiger partial charge >= 0.3 is 0 Å². The molecule has 0 fully saturated rings. The number of rotatable bonds is 4. The Balaban J connectivity index is 2.02. The minimum absolute atomic E-state index is 0.00800. The Morgan fingerprint density at radius 3 is 2.48 bits per heavy atom. The van der Waals surface area contributed by atoms with E-state index in [-0.39, 0.29) is 18.1 Å². The van der Waals surface area contributed by atoms with Crippen LogP contribution in [0, 0.1) is 15.9 Å². The maximum Gasteiger partial charge on any atom is 0.269 e. The largest absolute Gasteiger partial charge is 0.348 e. The molecule has 2 aromatic rings. The van der Waals surface area contributed by atoms with Crippen LogP contribution in [0.15, 0.2) is 46.9 Å². The van der Waals surface area contributed by atoms with E-state index in [2.05, 4.69) is 21.2 Å². The summed E-state index contributed by atoms with van der Waals surface area (Å²) >= 11 is 3.12. The van der Waals surface area contributed by atoms with Gasteiger partial charge in [-0.2, -0.15) is 0 Å². The molecular weight excluding hydrogens is 343 g/mol. The van der Waals surface area contributed by atoms with Gasteiger partial charge in [-0.25, -0.2) is 4.39 Å². The molecule has 1 amide bonds. The molecule has 0 radical (unpaired) electrons. The highest BCUT2D eigenvalue weighted by molar-refractivity contribution is 9.10. The molecule has 2 aromatic carbocycles. The maximum absolute atomic E-state index is 12.9. The van der Waals surface area contributed by atoms with Gasteiger partial charge in [0.05, 0.1) is 10.5 Å². The van der Waals surface area contributed by atoms with Crippen molar-refractivity contribution in [3.05, 3.63) is 74.0 Å². The van der Waals surface area contributed by atoms with Gasteiger partial charge in [-0.05, 0) is 39.7 Å².